The summed E-state index contributed by atoms with van der Waals surface area (Å²) in [5, 5.41) is 0. The molecule has 0 aromatic heterocycles. The minimum absolute atomic E-state index is 0.494. The maximum atomic E-state index is 3.00. The Morgan fingerprint density at radius 1 is 0.474 bits per heavy atom. The molecule has 0 N–H and O–H groups in total. The average Bonchev–Trinajstić information content (AvgIpc) is 3.37. The molecule has 0 radical (unpaired) electrons. The minimum atomic E-state index is -1.46. The molecule has 0 bridgehead atoms. The number of rotatable bonds is 2. The molecule has 0 saturated heterocycles. The van der Waals surface area contributed by atoms with Crippen molar-refractivity contribution in [3.63, 3.8) is 0 Å². The second-order valence-electron chi connectivity index (χ2n) is 19.1. The molecule has 0 aromatic rings. The predicted octanol–water partition coefficient (Wildman–Crippen LogP) is 11.5. The van der Waals surface area contributed by atoms with Crippen LogP contribution in [0.5, 0.6) is 0 Å². The SMILES string of the molecule is CC1CC2C3CCCCC3CCC2C1[Si](C)(C)C1C2CC(C(C)(C)C)CCC2C2CCC(C(C)(C)C)CC21. The maximum Gasteiger partial charge on any atom is 0.0547 e. The van der Waals surface area contributed by atoms with E-state index >= 15 is 0 Å². The molecule has 0 aromatic carbocycles. The molecule has 0 amide bonds. The molecule has 6 rings (SSSR count). The summed E-state index contributed by atoms with van der Waals surface area (Å²) in [4.78, 5) is 0. The monoisotopic (exact) mass is 538 g/mol. The summed E-state index contributed by atoms with van der Waals surface area (Å²) in [7, 11) is -1.46. The normalized spacial score (nSPS) is 49.7. The fraction of sp³-hybridized carbons (Fsp3) is 1.00. The molecule has 12 unspecified atom stereocenters. The van der Waals surface area contributed by atoms with Crippen molar-refractivity contribution >= 4 is 8.07 Å². The molecular formula is C37H66Si. The van der Waals surface area contributed by atoms with Crippen LogP contribution in [-0.2, 0) is 0 Å². The van der Waals surface area contributed by atoms with Gasteiger partial charge in [-0.3, -0.25) is 0 Å². The van der Waals surface area contributed by atoms with Gasteiger partial charge in [-0.05, 0) is 151 Å². The van der Waals surface area contributed by atoms with Gasteiger partial charge in [-0.2, -0.15) is 0 Å². The Labute approximate surface area is 239 Å². The summed E-state index contributed by atoms with van der Waals surface area (Å²) in [6.45, 7) is 24.2. The van der Waals surface area contributed by atoms with E-state index in [0.29, 0.717) is 10.8 Å². The molecule has 0 nitrogen and oxygen atoms in total. The highest BCUT2D eigenvalue weighted by Gasteiger charge is 2.63. The first-order valence-electron chi connectivity index (χ1n) is 17.8. The molecule has 6 aliphatic carbocycles. The zero-order valence-electron chi connectivity index (χ0n) is 27.2. The molecule has 0 spiro atoms. The van der Waals surface area contributed by atoms with Gasteiger partial charge in [0.2, 0.25) is 0 Å². The van der Waals surface area contributed by atoms with Gasteiger partial charge in [0.15, 0.2) is 0 Å². The van der Waals surface area contributed by atoms with Crippen LogP contribution in [0.15, 0.2) is 0 Å². The van der Waals surface area contributed by atoms with E-state index in [9.17, 15) is 0 Å². The van der Waals surface area contributed by atoms with Crippen molar-refractivity contribution in [2.75, 3.05) is 0 Å². The number of hydrogen-bond acceptors (Lipinski definition) is 0. The summed E-state index contributed by atoms with van der Waals surface area (Å²) in [5.41, 5.74) is 3.22. The predicted molar refractivity (Wildman–Crippen MR) is 168 cm³/mol. The molecule has 6 aliphatic rings. The van der Waals surface area contributed by atoms with Gasteiger partial charge in [0.05, 0.1) is 8.07 Å². The van der Waals surface area contributed by atoms with Gasteiger partial charge in [-0.15, -0.1) is 0 Å². The van der Waals surface area contributed by atoms with Crippen molar-refractivity contribution in [2.24, 2.45) is 75.9 Å². The lowest BCUT2D eigenvalue weighted by molar-refractivity contribution is 0.0715. The third-order valence-corrected chi connectivity index (χ3v) is 20.5. The fourth-order valence-corrected chi connectivity index (χ4v) is 20.3. The average molecular weight is 539 g/mol. The topological polar surface area (TPSA) is 0 Å². The lowest BCUT2D eigenvalue weighted by atomic mass is 9.62. The summed E-state index contributed by atoms with van der Waals surface area (Å²) < 4.78 is 0. The Kier molecular flexibility index (Phi) is 7.38. The lowest BCUT2D eigenvalue weighted by Gasteiger charge is -2.52. The van der Waals surface area contributed by atoms with E-state index in [1.807, 2.05) is 0 Å². The third kappa shape index (κ3) is 4.66. The first-order chi connectivity index (χ1) is 17.8. The largest absolute Gasteiger partial charge is 0.0689 e. The van der Waals surface area contributed by atoms with Crippen LogP contribution in [0.25, 0.3) is 0 Å². The maximum absolute atomic E-state index is 3.00. The van der Waals surface area contributed by atoms with Crippen LogP contribution in [-0.4, -0.2) is 8.07 Å². The summed E-state index contributed by atoms with van der Waals surface area (Å²) in [5.74, 6) is 11.7. The van der Waals surface area contributed by atoms with Crippen LogP contribution in [0.4, 0.5) is 0 Å². The first-order valence-corrected chi connectivity index (χ1v) is 20.9. The highest BCUT2D eigenvalue weighted by molar-refractivity contribution is 6.80. The number of hydrogen-bond donors (Lipinski definition) is 0. The Morgan fingerprint density at radius 3 is 1.55 bits per heavy atom. The van der Waals surface area contributed by atoms with E-state index in [0.717, 1.165) is 76.2 Å². The lowest BCUT2D eigenvalue weighted by Crippen LogP contribution is -2.49. The highest BCUT2D eigenvalue weighted by atomic mass is 28.3. The zero-order valence-corrected chi connectivity index (χ0v) is 28.2. The Balaban J connectivity index is 1.34. The fourth-order valence-electron chi connectivity index (χ4n) is 13.7. The standard InChI is InChI=1S/C37H66Si/c1-23-20-31-27-13-11-10-12-24(27)14-17-30(31)34(23)38(8,9)35-32-21-25(36(2,3)4)15-18-28(32)29-19-16-26(22-33(29)35)37(5,6)7/h23-35H,10-22H2,1-9H3. The zero-order chi connectivity index (χ0) is 27.2. The third-order valence-electron chi connectivity index (χ3n) is 15.2. The molecule has 0 heterocycles. The highest BCUT2D eigenvalue weighted by Crippen LogP contribution is 2.70. The second-order valence-corrected chi connectivity index (χ2v) is 24.1. The Morgan fingerprint density at radius 2 is 1.00 bits per heavy atom. The van der Waals surface area contributed by atoms with Gasteiger partial charge in [0.25, 0.3) is 0 Å². The van der Waals surface area contributed by atoms with Crippen LogP contribution in [0.1, 0.15) is 132 Å². The number of fused-ring (bicyclic) bond motifs is 6. The van der Waals surface area contributed by atoms with E-state index in [1.165, 1.54) is 19.3 Å². The van der Waals surface area contributed by atoms with Gasteiger partial charge in [0, 0.05) is 0 Å². The van der Waals surface area contributed by atoms with E-state index < -0.39 is 8.07 Å². The second kappa shape index (κ2) is 9.90. The molecule has 218 valence electrons. The van der Waals surface area contributed by atoms with Crippen molar-refractivity contribution in [3.8, 4) is 0 Å². The smallest absolute Gasteiger partial charge is 0.0547 e. The molecule has 6 saturated carbocycles. The minimum Gasteiger partial charge on any atom is -0.0689 e. The van der Waals surface area contributed by atoms with Crippen LogP contribution in [0, 0.1) is 75.9 Å². The van der Waals surface area contributed by atoms with Crippen molar-refractivity contribution in [2.45, 2.75) is 156 Å². The molecule has 12 atom stereocenters. The van der Waals surface area contributed by atoms with Gasteiger partial charge < -0.3 is 0 Å². The van der Waals surface area contributed by atoms with Gasteiger partial charge >= 0.3 is 0 Å². The van der Waals surface area contributed by atoms with Crippen molar-refractivity contribution < 1.29 is 0 Å². The molecular weight excluding hydrogens is 472 g/mol. The molecule has 1 heteroatoms. The van der Waals surface area contributed by atoms with Crippen molar-refractivity contribution in [1.82, 2.24) is 0 Å². The van der Waals surface area contributed by atoms with Gasteiger partial charge in [-0.25, -0.2) is 0 Å². The van der Waals surface area contributed by atoms with E-state index in [4.69, 9.17) is 0 Å². The van der Waals surface area contributed by atoms with Crippen LogP contribution < -0.4 is 0 Å². The van der Waals surface area contributed by atoms with Gasteiger partial charge in [0.1, 0.15) is 0 Å². The van der Waals surface area contributed by atoms with Gasteiger partial charge in [-0.1, -0.05) is 80.8 Å². The first kappa shape index (κ1) is 28.3. The van der Waals surface area contributed by atoms with Crippen LogP contribution in [0.2, 0.25) is 24.2 Å². The molecule has 0 aliphatic heterocycles. The molecule has 6 fully saturated rings. The van der Waals surface area contributed by atoms with Crippen molar-refractivity contribution in [3.05, 3.63) is 0 Å². The quantitative estimate of drug-likeness (QED) is 0.307. The van der Waals surface area contributed by atoms with Crippen molar-refractivity contribution in [1.29, 1.82) is 0 Å². The van der Waals surface area contributed by atoms with Crippen LogP contribution in [0.3, 0.4) is 0 Å². The van der Waals surface area contributed by atoms with Crippen LogP contribution >= 0.6 is 0 Å². The van der Waals surface area contributed by atoms with E-state index in [2.05, 4.69) is 61.6 Å². The summed E-state index contributed by atoms with van der Waals surface area (Å²) >= 11 is 0. The Bertz CT molecular complexity index is 804. The molecule has 38 heavy (non-hydrogen) atoms. The summed E-state index contributed by atoms with van der Waals surface area (Å²) in [6.07, 6.45) is 20.4. The van der Waals surface area contributed by atoms with E-state index in [1.54, 1.807) is 64.2 Å². The Hall–Kier alpha value is 0.217. The summed E-state index contributed by atoms with van der Waals surface area (Å²) in [6, 6.07) is 0. The van der Waals surface area contributed by atoms with E-state index in [-0.39, 0.29) is 0 Å².